The summed E-state index contributed by atoms with van der Waals surface area (Å²) < 4.78 is 2.49. The molecule has 0 saturated carbocycles. The lowest BCUT2D eigenvalue weighted by atomic mass is 10.3. The van der Waals surface area contributed by atoms with Crippen LogP contribution in [0.4, 0.5) is 0 Å². The molecule has 0 spiro atoms. The maximum absolute atomic E-state index is 10.6. The van der Waals surface area contributed by atoms with Crippen LogP contribution in [0.1, 0.15) is 29.4 Å². The van der Waals surface area contributed by atoms with Gasteiger partial charge in [0.05, 0.1) is 4.60 Å². The first-order valence-electron chi connectivity index (χ1n) is 3.98. The minimum absolute atomic E-state index is 0.524. The number of halogens is 1. The Morgan fingerprint density at radius 3 is 2.92 bits per heavy atom. The van der Waals surface area contributed by atoms with Gasteiger partial charge in [0.15, 0.2) is 6.29 Å². The van der Waals surface area contributed by atoms with Gasteiger partial charge in [0.25, 0.3) is 0 Å². The van der Waals surface area contributed by atoms with Gasteiger partial charge in [-0.1, -0.05) is 6.92 Å². The Hall–Kier alpha value is -1.08. The van der Waals surface area contributed by atoms with E-state index < -0.39 is 0 Å². The fourth-order valence-corrected chi connectivity index (χ4v) is 1.74. The summed E-state index contributed by atoms with van der Waals surface area (Å²) in [5, 5.41) is 8.77. The van der Waals surface area contributed by atoms with Gasteiger partial charge in [0, 0.05) is 12.1 Å². The van der Waals surface area contributed by atoms with E-state index in [1.165, 1.54) is 0 Å². The highest BCUT2D eigenvalue weighted by Crippen LogP contribution is 2.20. The normalized spacial score (nSPS) is 9.62. The lowest BCUT2D eigenvalue weighted by Crippen LogP contribution is -1.99. The number of rotatable bonds is 3. The summed E-state index contributed by atoms with van der Waals surface area (Å²) in [4.78, 5) is 10.6. The molecular formula is C9H9BrN2O. The maximum atomic E-state index is 10.6. The molecule has 0 amide bonds. The summed E-state index contributed by atoms with van der Waals surface area (Å²) in [6.45, 7) is 2.77. The molecule has 68 valence electrons. The minimum atomic E-state index is 0.524. The lowest BCUT2D eigenvalue weighted by Gasteiger charge is -2.03. The third-order valence-electron chi connectivity index (χ3n) is 1.75. The molecule has 0 fully saturated rings. The van der Waals surface area contributed by atoms with Gasteiger partial charge in [-0.3, -0.25) is 4.79 Å². The van der Waals surface area contributed by atoms with Crippen molar-refractivity contribution in [3.05, 3.63) is 21.9 Å². The molecule has 0 atom stereocenters. The van der Waals surface area contributed by atoms with Crippen molar-refractivity contribution in [1.29, 1.82) is 5.26 Å². The molecule has 0 bridgehead atoms. The number of hydrogen-bond acceptors (Lipinski definition) is 2. The van der Waals surface area contributed by atoms with E-state index in [1.54, 1.807) is 10.6 Å². The van der Waals surface area contributed by atoms with Crippen molar-refractivity contribution in [3.63, 3.8) is 0 Å². The van der Waals surface area contributed by atoms with Crippen LogP contribution in [0.2, 0.25) is 0 Å². The molecule has 0 aliphatic rings. The summed E-state index contributed by atoms with van der Waals surface area (Å²) in [7, 11) is 0. The van der Waals surface area contributed by atoms with Crippen LogP contribution >= 0.6 is 15.9 Å². The van der Waals surface area contributed by atoms with E-state index in [2.05, 4.69) is 22.0 Å². The number of aldehydes is 1. The Labute approximate surface area is 85.1 Å². The van der Waals surface area contributed by atoms with Crippen LogP contribution in [0.15, 0.2) is 10.7 Å². The SMILES string of the molecule is CCCn1c(C#N)cc(C=O)c1Br. The highest BCUT2D eigenvalue weighted by molar-refractivity contribution is 9.10. The van der Waals surface area contributed by atoms with Gasteiger partial charge in [-0.25, -0.2) is 0 Å². The molecule has 0 radical (unpaired) electrons. The zero-order chi connectivity index (χ0) is 9.84. The van der Waals surface area contributed by atoms with Crippen molar-refractivity contribution >= 4 is 22.2 Å². The van der Waals surface area contributed by atoms with E-state index in [-0.39, 0.29) is 0 Å². The van der Waals surface area contributed by atoms with E-state index in [9.17, 15) is 4.79 Å². The average molecular weight is 241 g/mol. The molecular weight excluding hydrogens is 232 g/mol. The van der Waals surface area contributed by atoms with Gasteiger partial charge in [0.2, 0.25) is 0 Å². The number of hydrogen-bond donors (Lipinski definition) is 0. The van der Waals surface area contributed by atoms with Gasteiger partial charge in [-0.15, -0.1) is 0 Å². The summed E-state index contributed by atoms with van der Waals surface area (Å²) >= 11 is 3.28. The Bertz CT molecular complexity index is 362. The third-order valence-corrected chi connectivity index (χ3v) is 2.63. The molecule has 0 unspecified atom stereocenters. The molecule has 13 heavy (non-hydrogen) atoms. The van der Waals surface area contributed by atoms with E-state index in [4.69, 9.17) is 5.26 Å². The second kappa shape index (κ2) is 4.24. The number of nitrogens with zero attached hydrogens (tertiary/aromatic N) is 2. The van der Waals surface area contributed by atoms with Crippen molar-refractivity contribution in [1.82, 2.24) is 4.57 Å². The van der Waals surface area contributed by atoms with Crippen LogP contribution in [0.3, 0.4) is 0 Å². The highest BCUT2D eigenvalue weighted by atomic mass is 79.9. The van der Waals surface area contributed by atoms with Crippen LogP contribution in [0.5, 0.6) is 0 Å². The van der Waals surface area contributed by atoms with Gasteiger partial charge in [-0.05, 0) is 28.4 Å². The zero-order valence-electron chi connectivity index (χ0n) is 7.25. The first kappa shape index (κ1) is 10.0. The summed E-state index contributed by atoms with van der Waals surface area (Å²) in [5.41, 5.74) is 1.06. The van der Waals surface area contributed by atoms with Gasteiger partial charge in [0.1, 0.15) is 11.8 Å². The smallest absolute Gasteiger partial charge is 0.152 e. The molecule has 3 nitrogen and oxygen atoms in total. The fraction of sp³-hybridized carbons (Fsp3) is 0.333. The predicted octanol–water partition coefficient (Wildman–Crippen LogP) is 2.34. The first-order chi connectivity index (χ1) is 6.24. The molecule has 0 aliphatic heterocycles. The molecule has 1 aromatic rings. The quantitative estimate of drug-likeness (QED) is 0.762. The summed E-state index contributed by atoms with van der Waals surface area (Å²) in [5.74, 6) is 0. The zero-order valence-corrected chi connectivity index (χ0v) is 8.84. The molecule has 4 heteroatoms. The predicted molar refractivity (Wildman–Crippen MR) is 52.5 cm³/mol. The third kappa shape index (κ3) is 1.81. The number of carbonyl (C=O) groups is 1. The number of carbonyl (C=O) groups excluding carboxylic acids is 1. The van der Waals surface area contributed by atoms with E-state index in [0.717, 1.165) is 19.3 Å². The van der Waals surface area contributed by atoms with Crippen molar-refractivity contribution in [2.75, 3.05) is 0 Å². The Kier molecular flexibility index (Phi) is 3.26. The lowest BCUT2D eigenvalue weighted by molar-refractivity contribution is 0.112. The standard InChI is InChI=1S/C9H9BrN2O/c1-2-3-12-8(5-11)4-7(6-13)9(12)10/h4,6H,2-3H2,1H3. The highest BCUT2D eigenvalue weighted by Gasteiger charge is 2.10. The monoisotopic (exact) mass is 240 g/mol. The largest absolute Gasteiger partial charge is 0.327 e. The molecule has 0 saturated heterocycles. The van der Waals surface area contributed by atoms with Crippen molar-refractivity contribution in [3.8, 4) is 6.07 Å². The Balaban J connectivity index is 3.22. The summed E-state index contributed by atoms with van der Waals surface area (Å²) in [6, 6.07) is 3.64. The Morgan fingerprint density at radius 1 is 1.77 bits per heavy atom. The van der Waals surface area contributed by atoms with E-state index >= 15 is 0 Å². The first-order valence-corrected chi connectivity index (χ1v) is 4.78. The average Bonchev–Trinajstić information content (AvgIpc) is 2.45. The second-order valence-corrected chi connectivity index (χ2v) is 3.41. The van der Waals surface area contributed by atoms with Gasteiger partial charge < -0.3 is 4.57 Å². The topological polar surface area (TPSA) is 45.8 Å². The maximum Gasteiger partial charge on any atom is 0.152 e. The molecule has 1 aromatic heterocycles. The van der Waals surface area contributed by atoms with Crippen LogP contribution in [0.25, 0.3) is 0 Å². The fourth-order valence-electron chi connectivity index (χ4n) is 1.16. The van der Waals surface area contributed by atoms with Gasteiger partial charge in [-0.2, -0.15) is 5.26 Å². The molecule has 0 N–H and O–H groups in total. The van der Waals surface area contributed by atoms with Crippen molar-refractivity contribution < 1.29 is 4.79 Å². The van der Waals surface area contributed by atoms with Crippen LogP contribution < -0.4 is 0 Å². The number of nitriles is 1. The second-order valence-electron chi connectivity index (χ2n) is 2.66. The van der Waals surface area contributed by atoms with E-state index in [0.29, 0.717) is 15.9 Å². The number of aromatic nitrogens is 1. The van der Waals surface area contributed by atoms with Crippen molar-refractivity contribution in [2.45, 2.75) is 19.9 Å². The van der Waals surface area contributed by atoms with Crippen molar-refractivity contribution in [2.24, 2.45) is 0 Å². The molecule has 0 aromatic carbocycles. The summed E-state index contributed by atoms with van der Waals surface area (Å²) in [6.07, 6.45) is 1.68. The minimum Gasteiger partial charge on any atom is -0.327 e. The van der Waals surface area contributed by atoms with Crippen LogP contribution in [0, 0.1) is 11.3 Å². The Morgan fingerprint density at radius 2 is 2.46 bits per heavy atom. The van der Waals surface area contributed by atoms with Crippen LogP contribution in [-0.4, -0.2) is 10.9 Å². The molecule has 1 rings (SSSR count). The molecule has 1 heterocycles. The van der Waals surface area contributed by atoms with E-state index in [1.807, 2.05) is 6.92 Å². The van der Waals surface area contributed by atoms with Gasteiger partial charge >= 0.3 is 0 Å². The molecule has 0 aliphatic carbocycles. The van der Waals surface area contributed by atoms with Crippen LogP contribution in [-0.2, 0) is 6.54 Å².